The van der Waals surface area contributed by atoms with Crippen LogP contribution in [0.3, 0.4) is 0 Å². The molecule has 2 N–H and O–H groups in total. The fourth-order valence-electron chi connectivity index (χ4n) is 2.25. The Balaban J connectivity index is 1.72. The van der Waals surface area contributed by atoms with Gasteiger partial charge in [0.25, 0.3) is 0 Å². The van der Waals surface area contributed by atoms with Gasteiger partial charge in [-0.3, -0.25) is 4.79 Å². The average Bonchev–Trinajstić information content (AvgIpc) is 2.96. The van der Waals surface area contributed by atoms with Crippen LogP contribution in [0.25, 0.3) is 5.65 Å². The first-order valence-corrected chi connectivity index (χ1v) is 8.72. The maximum absolute atomic E-state index is 12.3. The lowest BCUT2D eigenvalue weighted by atomic mass is 10.3. The Labute approximate surface area is 139 Å². The summed E-state index contributed by atoms with van der Waals surface area (Å²) in [5, 5.41) is 2.59. The van der Waals surface area contributed by atoms with Crippen molar-refractivity contribution in [3.8, 4) is 0 Å². The Bertz CT molecular complexity index is 945. The van der Waals surface area contributed by atoms with Crippen LogP contribution < -0.4 is 10.0 Å². The molecule has 0 saturated carbocycles. The fourth-order valence-corrected chi connectivity index (χ4v) is 3.24. The topological polar surface area (TPSA) is 92.6 Å². The van der Waals surface area contributed by atoms with Crippen LogP contribution in [0.4, 0.5) is 5.69 Å². The molecule has 0 fully saturated rings. The third kappa shape index (κ3) is 3.61. The van der Waals surface area contributed by atoms with Crippen molar-refractivity contribution in [2.24, 2.45) is 0 Å². The number of carbonyl (C=O) groups is 1. The molecule has 124 valence electrons. The van der Waals surface area contributed by atoms with E-state index in [-0.39, 0.29) is 17.3 Å². The van der Waals surface area contributed by atoms with Gasteiger partial charge in [0.2, 0.25) is 15.9 Å². The van der Waals surface area contributed by atoms with E-state index >= 15 is 0 Å². The minimum atomic E-state index is -3.65. The van der Waals surface area contributed by atoms with Crippen molar-refractivity contribution >= 4 is 27.3 Å². The van der Waals surface area contributed by atoms with Crippen LogP contribution >= 0.6 is 0 Å². The van der Waals surface area contributed by atoms with Crippen LogP contribution in [0.1, 0.15) is 12.6 Å². The van der Waals surface area contributed by atoms with Crippen LogP contribution in [0, 0.1) is 0 Å². The summed E-state index contributed by atoms with van der Waals surface area (Å²) in [5.41, 5.74) is 1.92. The van der Waals surface area contributed by atoms with Crippen molar-refractivity contribution < 1.29 is 13.2 Å². The molecule has 0 spiro atoms. The molecule has 3 rings (SSSR count). The lowest BCUT2D eigenvalue weighted by Crippen LogP contribution is -2.23. The van der Waals surface area contributed by atoms with Crippen LogP contribution in [0.5, 0.6) is 0 Å². The van der Waals surface area contributed by atoms with E-state index in [1.807, 2.05) is 28.8 Å². The molecule has 0 atom stereocenters. The third-order valence-electron chi connectivity index (χ3n) is 3.34. The van der Waals surface area contributed by atoms with Gasteiger partial charge in [-0.15, -0.1) is 0 Å². The van der Waals surface area contributed by atoms with Gasteiger partial charge in [0.1, 0.15) is 5.65 Å². The van der Waals surface area contributed by atoms with Crippen molar-refractivity contribution in [1.29, 1.82) is 0 Å². The fraction of sp³-hybridized carbons (Fsp3) is 0.125. The monoisotopic (exact) mass is 344 g/mol. The Morgan fingerprint density at radius 2 is 1.92 bits per heavy atom. The molecule has 1 amide bonds. The third-order valence-corrected chi connectivity index (χ3v) is 4.76. The second kappa shape index (κ2) is 6.42. The lowest BCUT2D eigenvalue weighted by molar-refractivity contribution is -0.114. The van der Waals surface area contributed by atoms with Crippen molar-refractivity contribution in [3.63, 3.8) is 0 Å². The molecule has 2 heterocycles. The van der Waals surface area contributed by atoms with Gasteiger partial charge < -0.3 is 9.72 Å². The number of rotatable bonds is 5. The number of hydrogen-bond acceptors (Lipinski definition) is 4. The predicted molar refractivity (Wildman–Crippen MR) is 90.0 cm³/mol. The van der Waals surface area contributed by atoms with Crippen molar-refractivity contribution in [3.05, 3.63) is 60.6 Å². The molecule has 8 heteroatoms. The van der Waals surface area contributed by atoms with E-state index in [0.29, 0.717) is 11.4 Å². The number of aromatic nitrogens is 2. The van der Waals surface area contributed by atoms with E-state index in [0.717, 1.165) is 5.65 Å². The molecule has 0 aliphatic rings. The molecular weight excluding hydrogens is 328 g/mol. The van der Waals surface area contributed by atoms with Crippen LogP contribution in [0.2, 0.25) is 0 Å². The summed E-state index contributed by atoms with van der Waals surface area (Å²) >= 11 is 0. The highest BCUT2D eigenvalue weighted by Gasteiger charge is 2.14. The zero-order valence-corrected chi connectivity index (χ0v) is 13.7. The Morgan fingerprint density at radius 1 is 1.17 bits per heavy atom. The number of carbonyl (C=O) groups excluding carboxylic acids is 1. The number of benzene rings is 1. The minimum Gasteiger partial charge on any atom is -0.326 e. The summed E-state index contributed by atoms with van der Waals surface area (Å²) in [4.78, 5) is 15.4. The average molecular weight is 344 g/mol. The van der Waals surface area contributed by atoms with E-state index in [4.69, 9.17) is 0 Å². The van der Waals surface area contributed by atoms with E-state index < -0.39 is 10.0 Å². The van der Waals surface area contributed by atoms with E-state index in [1.165, 1.54) is 19.1 Å². The van der Waals surface area contributed by atoms with Gasteiger partial charge in [-0.25, -0.2) is 18.1 Å². The highest BCUT2D eigenvalue weighted by Crippen LogP contribution is 2.14. The molecule has 0 bridgehead atoms. The zero-order valence-electron chi connectivity index (χ0n) is 12.9. The van der Waals surface area contributed by atoms with Gasteiger partial charge >= 0.3 is 0 Å². The normalized spacial score (nSPS) is 11.5. The van der Waals surface area contributed by atoms with E-state index in [9.17, 15) is 13.2 Å². The number of amides is 1. The molecule has 3 aromatic rings. The second-order valence-corrected chi connectivity index (χ2v) is 7.00. The number of hydrogen-bond donors (Lipinski definition) is 2. The van der Waals surface area contributed by atoms with Crippen molar-refractivity contribution in [2.45, 2.75) is 18.4 Å². The van der Waals surface area contributed by atoms with Crippen LogP contribution in [0.15, 0.2) is 59.8 Å². The summed E-state index contributed by atoms with van der Waals surface area (Å²) in [5.74, 6) is -0.212. The van der Waals surface area contributed by atoms with Gasteiger partial charge in [-0.1, -0.05) is 6.07 Å². The minimum absolute atomic E-state index is 0.0947. The highest BCUT2D eigenvalue weighted by molar-refractivity contribution is 7.89. The first-order valence-electron chi connectivity index (χ1n) is 7.24. The zero-order chi connectivity index (χ0) is 17.2. The molecule has 0 radical (unpaired) electrons. The second-order valence-electron chi connectivity index (χ2n) is 5.23. The quantitative estimate of drug-likeness (QED) is 0.738. The molecule has 0 aliphatic heterocycles. The summed E-state index contributed by atoms with van der Waals surface area (Å²) in [6.45, 7) is 1.48. The number of fused-ring (bicyclic) bond motifs is 1. The molecule has 0 unspecified atom stereocenters. The Hall–Kier alpha value is -2.71. The highest BCUT2D eigenvalue weighted by atomic mass is 32.2. The van der Waals surface area contributed by atoms with Crippen molar-refractivity contribution in [2.75, 3.05) is 5.32 Å². The largest absolute Gasteiger partial charge is 0.326 e. The number of anilines is 1. The number of imidazole rings is 1. The van der Waals surface area contributed by atoms with Crippen LogP contribution in [-0.4, -0.2) is 23.7 Å². The molecule has 24 heavy (non-hydrogen) atoms. The van der Waals surface area contributed by atoms with E-state index in [1.54, 1.807) is 18.3 Å². The number of nitrogens with zero attached hydrogens (tertiary/aromatic N) is 2. The van der Waals surface area contributed by atoms with Crippen LogP contribution in [-0.2, 0) is 21.4 Å². The van der Waals surface area contributed by atoms with Gasteiger partial charge in [-0.05, 0) is 36.4 Å². The summed E-state index contributed by atoms with van der Waals surface area (Å²) < 4.78 is 29.0. The predicted octanol–water partition coefficient (Wildman–Crippen LogP) is 1.77. The standard InChI is InChI=1S/C16H16N4O3S/c1-12(21)18-13-5-7-15(8-6-13)24(22,23)17-10-14-11-20-9-3-2-4-16(20)19-14/h2-9,11,17H,10H2,1H3,(H,18,21). The maximum Gasteiger partial charge on any atom is 0.240 e. The number of nitrogens with one attached hydrogen (secondary N) is 2. The van der Waals surface area contributed by atoms with Gasteiger partial charge in [0.15, 0.2) is 0 Å². The summed E-state index contributed by atoms with van der Waals surface area (Å²) in [6.07, 6.45) is 3.62. The number of sulfonamides is 1. The van der Waals surface area contributed by atoms with Gasteiger partial charge in [0.05, 0.1) is 17.1 Å². The smallest absolute Gasteiger partial charge is 0.240 e. The Morgan fingerprint density at radius 3 is 2.58 bits per heavy atom. The number of pyridine rings is 1. The molecular formula is C16H16N4O3S. The molecule has 2 aromatic heterocycles. The first kappa shape index (κ1) is 16.2. The Kier molecular flexibility index (Phi) is 4.32. The molecule has 0 aliphatic carbocycles. The van der Waals surface area contributed by atoms with Gasteiger partial charge in [-0.2, -0.15) is 0 Å². The summed E-state index contributed by atoms with van der Waals surface area (Å²) in [6, 6.07) is 11.6. The van der Waals surface area contributed by atoms with Gasteiger partial charge in [0, 0.05) is 25.0 Å². The van der Waals surface area contributed by atoms with Crippen molar-refractivity contribution in [1.82, 2.24) is 14.1 Å². The molecule has 1 aromatic carbocycles. The molecule has 7 nitrogen and oxygen atoms in total. The van der Waals surface area contributed by atoms with E-state index in [2.05, 4.69) is 15.0 Å². The lowest BCUT2D eigenvalue weighted by Gasteiger charge is -2.07. The SMILES string of the molecule is CC(=O)Nc1ccc(S(=O)(=O)NCc2cn3ccccc3n2)cc1. The first-order chi connectivity index (χ1) is 11.4. The maximum atomic E-state index is 12.3. The molecule has 0 saturated heterocycles. The summed E-state index contributed by atoms with van der Waals surface area (Å²) in [7, 11) is -3.65.